The topological polar surface area (TPSA) is 56.5 Å². The molecule has 3 aromatic rings. The molecule has 0 bridgehead atoms. The minimum atomic E-state index is -0.542. The summed E-state index contributed by atoms with van der Waals surface area (Å²) in [6, 6.07) is 14.2. The van der Waals surface area contributed by atoms with Crippen molar-refractivity contribution in [2.45, 2.75) is 13.8 Å². The van der Waals surface area contributed by atoms with E-state index in [0.29, 0.717) is 16.7 Å². The quantitative estimate of drug-likeness (QED) is 0.521. The summed E-state index contributed by atoms with van der Waals surface area (Å²) in [5.41, 5.74) is 2.33. The largest absolute Gasteiger partial charge is 0.457 e. The summed E-state index contributed by atoms with van der Waals surface area (Å²) in [7, 11) is 0. The molecule has 0 saturated carbocycles. The van der Waals surface area contributed by atoms with E-state index >= 15 is 0 Å². The highest BCUT2D eigenvalue weighted by atomic mass is 16.5. The van der Waals surface area contributed by atoms with Crippen LogP contribution in [0.3, 0.4) is 0 Å². The van der Waals surface area contributed by atoms with Crippen LogP contribution in [0.1, 0.15) is 22.8 Å². The maximum absolute atomic E-state index is 12.7. The number of hydrogen-bond acceptors (Lipinski definition) is 4. The van der Waals surface area contributed by atoms with Crippen LogP contribution >= 0.6 is 0 Å². The average Bonchev–Trinajstić information content (AvgIpc) is 2.63. The Labute approximate surface area is 145 Å². The molecule has 2 aromatic carbocycles. The zero-order valence-corrected chi connectivity index (χ0v) is 14.2. The van der Waals surface area contributed by atoms with Gasteiger partial charge in [-0.1, -0.05) is 43.0 Å². The van der Waals surface area contributed by atoms with E-state index in [1.807, 2.05) is 30.3 Å². The van der Waals surface area contributed by atoms with Crippen LogP contribution in [0, 0.1) is 6.92 Å². The van der Waals surface area contributed by atoms with Crippen molar-refractivity contribution in [1.82, 2.24) is 0 Å². The fourth-order valence-corrected chi connectivity index (χ4v) is 2.60. The van der Waals surface area contributed by atoms with E-state index in [1.54, 1.807) is 32.0 Å². The lowest BCUT2D eigenvalue weighted by atomic mass is 10.0. The molecule has 1 heterocycles. The highest BCUT2D eigenvalue weighted by Gasteiger charge is 2.19. The molecule has 0 aliphatic carbocycles. The Morgan fingerprint density at radius 3 is 2.52 bits per heavy atom. The molecule has 4 nitrogen and oxygen atoms in total. The molecule has 0 atom stereocenters. The van der Waals surface area contributed by atoms with Gasteiger partial charge in [-0.25, -0.2) is 4.79 Å². The molecule has 0 aliphatic heterocycles. The van der Waals surface area contributed by atoms with E-state index in [4.69, 9.17) is 9.15 Å². The molecule has 0 radical (unpaired) electrons. The van der Waals surface area contributed by atoms with Gasteiger partial charge in [-0.15, -0.1) is 0 Å². The Bertz CT molecular complexity index is 1010. The number of fused-ring (bicyclic) bond motifs is 1. The standard InChI is InChI=1S/C21H18O4/c1-13(2)12-24-21(23)17-11-7-10-16-18(22)14(3)19(25-20(16)17)15-8-5-4-6-9-15/h4-11H,1,12H2,2-3H3. The van der Waals surface area contributed by atoms with Gasteiger partial charge in [-0.2, -0.15) is 0 Å². The summed E-state index contributed by atoms with van der Waals surface area (Å²) in [5.74, 6) is -0.0853. The lowest BCUT2D eigenvalue weighted by Gasteiger charge is -2.10. The summed E-state index contributed by atoms with van der Waals surface area (Å²) < 4.78 is 11.2. The molecule has 0 fully saturated rings. The Balaban J connectivity index is 2.21. The molecule has 0 unspecified atom stereocenters. The maximum atomic E-state index is 12.7. The smallest absolute Gasteiger partial charge is 0.342 e. The summed E-state index contributed by atoms with van der Waals surface area (Å²) in [4.78, 5) is 25.1. The lowest BCUT2D eigenvalue weighted by Crippen LogP contribution is -2.12. The second-order valence-electron chi connectivity index (χ2n) is 5.97. The Morgan fingerprint density at radius 2 is 1.84 bits per heavy atom. The van der Waals surface area contributed by atoms with Gasteiger partial charge in [0.2, 0.25) is 0 Å². The van der Waals surface area contributed by atoms with Gasteiger partial charge in [0, 0.05) is 11.1 Å². The van der Waals surface area contributed by atoms with Crippen molar-refractivity contribution >= 4 is 16.9 Å². The molecule has 4 heteroatoms. The monoisotopic (exact) mass is 334 g/mol. The summed E-state index contributed by atoms with van der Waals surface area (Å²) in [6.07, 6.45) is 0. The van der Waals surface area contributed by atoms with Gasteiger partial charge in [0.05, 0.1) is 5.39 Å². The van der Waals surface area contributed by atoms with Crippen molar-refractivity contribution in [1.29, 1.82) is 0 Å². The van der Waals surface area contributed by atoms with Gasteiger partial charge in [0.25, 0.3) is 0 Å². The minimum Gasteiger partial charge on any atom is -0.457 e. The first kappa shape index (κ1) is 16.7. The third-order valence-electron chi connectivity index (χ3n) is 3.85. The molecule has 0 N–H and O–H groups in total. The van der Waals surface area contributed by atoms with Gasteiger partial charge in [-0.05, 0) is 31.6 Å². The van der Waals surface area contributed by atoms with Crippen molar-refractivity contribution in [3.63, 3.8) is 0 Å². The summed E-state index contributed by atoms with van der Waals surface area (Å²) in [5, 5.41) is 0.363. The SMILES string of the molecule is C=C(C)COC(=O)c1cccc2c(=O)c(C)c(-c3ccccc3)oc12. The normalized spacial score (nSPS) is 10.6. The molecule has 126 valence electrons. The van der Waals surface area contributed by atoms with Gasteiger partial charge in [0.1, 0.15) is 17.9 Å². The number of rotatable bonds is 4. The van der Waals surface area contributed by atoms with Crippen LogP contribution < -0.4 is 5.43 Å². The number of hydrogen-bond donors (Lipinski definition) is 0. The molecule has 0 aliphatic rings. The highest BCUT2D eigenvalue weighted by Crippen LogP contribution is 2.27. The number of carbonyl (C=O) groups excluding carboxylic acids is 1. The lowest BCUT2D eigenvalue weighted by molar-refractivity contribution is 0.0541. The Hall–Kier alpha value is -3.14. The van der Waals surface area contributed by atoms with Crippen molar-refractivity contribution in [2.24, 2.45) is 0 Å². The fraction of sp³-hybridized carbons (Fsp3) is 0.143. The zero-order chi connectivity index (χ0) is 18.0. The second kappa shape index (κ2) is 6.77. The number of ether oxygens (including phenoxy) is 1. The molecule has 3 rings (SSSR count). The number of para-hydroxylation sites is 1. The third-order valence-corrected chi connectivity index (χ3v) is 3.85. The molecule has 1 aromatic heterocycles. The minimum absolute atomic E-state index is 0.122. The average molecular weight is 334 g/mol. The molecule has 0 amide bonds. The predicted molar refractivity (Wildman–Crippen MR) is 97.8 cm³/mol. The van der Waals surface area contributed by atoms with E-state index in [-0.39, 0.29) is 23.2 Å². The van der Waals surface area contributed by atoms with Crippen LogP contribution in [0.2, 0.25) is 0 Å². The molecule has 0 saturated heterocycles. The van der Waals surface area contributed by atoms with E-state index in [0.717, 1.165) is 11.1 Å². The molecular weight excluding hydrogens is 316 g/mol. The van der Waals surface area contributed by atoms with Crippen LogP contribution in [-0.4, -0.2) is 12.6 Å². The zero-order valence-electron chi connectivity index (χ0n) is 14.2. The highest BCUT2D eigenvalue weighted by molar-refractivity contribution is 6.02. The first-order chi connectivity index (χ1) is 12.0. The van der Waals surface area contributed by atoms with Gasteiger partial charge >= 0.3 is 5.97 Å². The molecule has 0 spiro atoms. The first-order valence-corrected chi connectivity index (χ1v) is 7.92. The van der Waals surface area contributed by atoms with Gasteiger partial charge in [-0.3, -0.25) is 4.79 Å². The molecule has 25 heavy (non-hydrogen) atoms. The molecular formula is C21H18O4. The van der Waals surface area contributed by atoms with Crippen LogP contribution in [0.25, 0.3) is 22.3 Å². The fourth-order valence-electron chi connectivity index (χ4n) is 2.60. The van der Waals surface area contributed by atoms with Crippen molar-refractivity contribution < 1.29 is 13.9 Å². The summed E-state index contributed by atoms with van der Waals surface area (Å²) in [6.45, 7) is 7.33. The van der Waals surface area contributed by atoms with Crippen molar-refractivity contribution in [3.05, 3.63) is 82.0 Å². The van der Waals surface area contributed by atoms with Crippen LogP contribution in [0.15, 0.2) is 69.9 Å². The maximum Gasteiger partial charge on any atom is 0.342 e. The van der Waals surface area contributed by atoms with E-state index in [1.165, 1.54) is 0 Å². The van der Waals surface area contributed by atoms with Crippen molar-refractivity contribution in [3.8, 4) is 11.3 Å². The van der Waals surface area contributed by atoms with Crippen molar-refractivity contribution in [2.75, 3.05) is 6.61 Å². The van der Waals surface area contributed by atoms with E-state index in [2.05, 4.69) is 6.58 Å². The van der Waals surface area contributed by atoms with Crippen LogP contribution in [-0.2, 0) is 4.74 Å². The third kappa shape index (κ3) is 3.24. The predicted octanol–water partition coefficient (Wildman–Crippen LogP) is 4.50. The van der Waals surface area contributed by atoms with Crippen LogP contribution in [0.4, 0.5) is 0 Å². The number of carbonyl (C=O) groups is 1. The second-order valence-corrected chi connectivity index (χ2v) is 5.97. The Kier molecular flexibility index (Phi) is 4.52. The van der Waals surface area contributed by atoms with Crippen LogP contribution in [0.5, 0.6) is 0 Å². The van der Waals surface area contributed by atoms with E-state index in [9.17, 15) is 9.59 Å². The number of esters is 1. The Morgan fingerprint density at radius 1 is 1.12 bits per heavy atom. The van der Waals surface area contributed by atoms with E-state index < -0.39 is 5.97 Å². The van der Waals surface area contributed by atoms with Gasteiger partial charge in [0.15, 0.2) is 11.0 Å². The summed E-state index contributed by atoms with van der Waals surface area (Å²) >= 11 is 0. The number of benzene rings is 2. The first-order valence-electron chi connectivity index (χ1n) is 7.92. The van der Waals surface area contributed by atoms with Gasteiger partial charge < -0.3 is 9.15 Å².